The topological polar surface area (TPSA) is 87.8 Å². The summed E-state index contributed by atoms with van der Waals surface area (Å²) in [6.45, 7) is 1.20. The molecule has 2 rings (SSSR count). The molecule has 21 heavy (non-hydrogen) atoms. The largest absolute Gasteiger partial charge is 0.495 e. The fourth-order valence-corrected chi connectivity index (χ4v) is 2.67. The Morgan fingerprint density at radius 2 is 2.33 bits per heavy atom. The second-order valence-corrected chi connectivity index (χ2v) is 5.31. The summed E-state index contributed by atoms with van der Waals surface area (Å²) in [6, 6.07) is 5.20. The fourth-order valence-electron chi connectivity index (χ4n) is 2.67. The number of likely N-dealkylation sites (tertiary alicyclic amines) is 1. The van der Waals surface area contributed by atoms with Gasteiger partial charge in [-0.05, 0) is 37.6 Å². The van der Waals surface area contributed by atoms with Crippen LogP contribution in [-0.4, -0.2) is 48.8 Å². The van der Waals surface area contributed by atoms with Crippen LogP contribution in [0, 0.1) is 0 Å². The third-order valence-corrected chi connectivity index (χ3v) is 3.80. The Hall–Kier alpha value is -1.79. The number of benzene rings is 1. The molecular formula is C15H23N3O3. The van der Waals surface area contributed by atoms with E-state index in [9.17, 15) is 9.90 Å². The monoisotopic (exact) mass is 293 g/mol. The van der Waals surface area contributed by atoms with E-state index in [0.717, 1.165) is 25.8 Å². The number of nitrogens with one attached hydrogen (secondary N) is 1. The summed E-state index contributed by atoms with van der Waals surface area (Å²) >= 11 is 0. The van der Waals surface area contributed by atoms with E-state index in [0.29, 0.717) is 17.1 Å². The van der Waals surface area contributed by atoms with Crippen LogP contribution in [-0.2, 0) is 4.79 Å². The number of nitrogen functional groups attached to an aromatic ring is 1. The Labute approximate surface area is 124 Å². The lowest BCUT2D eigenvalue weighted by Crippen LogP contribution is -2.45. The second-order valence-electron chi connectivity index (χ2n) is 5.31. The molecule has 0 aromatic heterocycles. The molecule has 1 aliphatic rings. The van der Waals surface area contributed by atoms with Gasteiger partial charge in [0.25, 0.3) is 0 Å². The number of hydrogen-bond donors (Lipinski definition) is 3. The van der Waals surface area contributed by atoms with Gasteiger partial charge in [0.05, 0.1) is 25.9 Å². The maximum absolute atomic E-state index is 12.2. The van der Waals surface area contributed by atoms with E-state index in [4.69, 9.17) is 10.5 Å². The van der Waals surface area contributed by atoms with E-state index in [-0.39, 0.29) is 25.1 Å². The number of carbonyl (C=O) groups excluding carboxylic acids is 1. The molecule has 1 heterocycles. The van der Waals surface area contributed by atoms with Crippen molar-refractivity contribution >= 4 is 17.3 Å². The quantitative estimate of drug-likeness (QED) is 0.707. The van der Waals surface area contributed by atoms with E-state index in [1.807, 2.05) is 4.90 Å². The first-order chi connectivity index (χ1) is 10.1. The van der Waals surface area contributed by atoms with Crippen LogP contribution in [0.25, 0.3) is 0 Å². The zero-order valence-corrected chi connectivity index (χ0v) is 12.3. The fraction of sp³-hybridized carbons (Fsp3) is 0.533. The molecule has 4 N–H and O–H groups in total. The van der Waals surface area contributed by atoms with Gasteiger partial charge < -0.3 is 20.9 Å². The lowest BCUT2D eigenvalue weighted by Gasteiger charge is -2.33. The SMILES string of the molecule is COc1ccc(N)cc1NC(=O)CN1CCCCC1CO. The number of rotatable bonds is 5. The normalized spacial score (nSPS) is 19.2. The van der Waals surface area contributed by atoms with Crippen molar-refractivity contribution in [1.82, 2.24) is 4.90 Å². The van der Waals surface area contributed by atoms with Crippen molar-refractivity contribution in [3.63, 3.8) is 0 Å². The number of nitrogens with zero attached hydrogens (tertiary/aromatic N) is 1. The van der Waals surface area contributed by atoms with Crippen LogP contribution < -0.4 is 15.8 Å². The highest BCUT2D eigenvalue weighted by Gasteiger charge is 2.23. The van der Waals surface area contributed by atoms with Crippen LogP contribution in [0.2, 0.25) is 0 Å². The number of amides is 1. The van der Waals surface area contributed by atoms with E-state index < -0.39 is 0 Å². The molecule has 0 bridgehead atoms. The van der Waals surface area contributed by atoms with Gasteiger partial charge in [-0.15, -0.1) is 0 Å². The third-order valence-electron chi connectivity index (χ3n) is 3.80. The highest BCUT2D eigenvalue weighted by atomic mass is 16.5. The molecule has 1 amide bonds. The van der Waals surface area contributed by atoms with E-state index in [1.54, 1.807) is 25.3 Å². The average molecular weight is 293 g/mol. The molecule has 1 atom stereocenters. The Morgan fingerprint density at radius 3 is 3.05 bits per heavy atom. The molecular weight excluding hydrogens is 270 g/mol. The second kappa shape index (κ2) is 7.28. The smallest absolute Gasteiger partial charge is 0.238 e. The molecule has 1 aliphatic heterocycles. The number of aliphatic hydroxyl groups is 1. The van der Waals surface area contributed by atoms with Gasteiger partial charge in [0.2, 0.25) is 5.91 Å². The Bertz CT molecular complexity index is 493. The van der Waals surface area contributed by atoms with E-state index in [2.05, 4.69) is 5.32 Å². The van der Waals surface area contributed by atoms with Gasteiger partial charge in [-0.2, -0.15) is 0 Å². The summed E-state index contributed by atoms with van der Waals surface area (Å²) in [7, 11) is 1.55. The Morgan fingerprint density at radius 1 is 1.52 bits per heavy atom. The van der Waals surface area contributed by atoms with Gasteiger partial charge in [-0.3, -0.25) is 9.69 Å². The molecule has 0 aliphatic carbocycles. The predicted octanol–water partition coefficient (Wildman–Crippen LogP) is 1.06. The van der Waals surface area contributed by atoms with Crippen molar-refractivity contribution < 1.29 is 14.6 Å². The standard InChI is InChI=1S/C15H23N3O3/c1-21-14-6-5-11(16)8-13(14)17-15(20)9-18-7-3-2-4-12(18)10-19/h5-6,8,12,19H,2-4,7,9-10,16H2,1H3,(H,17,20). The number of piperidine rings is 1. The zero-order chi connectivity index (χ0) is 15.2. The number of ether oxygens (including phenoxy) is 1. The van der Waals surface area contributed by atoms with Crippen molar-refractivity contribution in [2.75, 3.05) is 37.9 Å². The highest BCUT2D eigenvalue weighted by Crippen LogP contribution is 2.26. The molecule has 1 unspecified atom stereocenters. The Balaban J connectivity index is 1.99. The van der Waals surface area contributed by atoms with Crippen LogP contribution in [0.4, 0.5) is 11.4 Å². The van der Waals surface area contributed by atoms with Crippen LogP contribution >= 0.6 is 0 Å². The molecule has 1 aromatic rings. The van der Waals surface area contributed by atoms with Crippen LogP contribution in [0.5, 0.6) is 5.75 Å². The van der Waals surface area contributed by atoms with E-state index >= 15 is 0 Å². The summed E-state index contributed by atoms with van der Waals surface area (Å²) in [6.07, 6.45) is 3.10. The third kappa shape index (κ3) is 4.09. The molecule has 6 heteroatoms. The molecule has 0 saturated carbocycles. The number of hydrogen-bond acceptors (Lipinski definition) is 5. The predicted molar refractivity (Wildman–Crippen MR) is 82.3 cm³/mol. The molecule has 0 radical (unpaired) electrons. The van der Waals surface area contributed by atoms with Crippen molar-refractivity contribution in [2.45, 2.75) is 25.3 Å². The summed E-state index contributed by atoms with van der Waals surface area (Å²) in [4.78, 5) is 14.2. The highest BCUT2D eigenvalue weighted by molar-refractivity contribution is 5.94. The summed E-state index contributed by atoms with van der Waals surface area (Å²) in [5.41, 5.74) is 6.87. The summed E-state index contributed by atoms with van der Waals surface area (Å²) in [5, 5.41) is 12.2. The van der Waals surface area contributed by atoms with Crippen LogP contribution in [0.1, 0.15) is 19.3 Å². The van der Waals surface area contributed by atoms with Crippen molar-refractivity contribution in [3.05, 3.63) is 18.2 Å². The molecule has 0 spiro atoms. The van der Waals surface area contributed by atoms with Crippen LogP contribution in [0.15, 0.2) is 18.2 Å². The molecule has 1 saturated heterocycles. The molecule has 116 valence electrons. The lowest BCUT2D eigenvalue weighted by atomic mass is 10.0. The Kier molecular flexibility index (Phi) is 5.41. The first-order valence-electron chi connectivity index (χ1n) is 7.22. The molecule has 6 nitrogen and oxygen atoms in total. The van der Waals surface area contributed by atoms with Crippen molar-refractivity contribution in [3.8, 4) is 5.75 Å². The molecule has 1 aromatic carbocycles. The van der Waals surface area contributed by atoms with Crippen molar-refractivity contribution in [1.29, 1.82) is 0 Å². The first-order valence-corrected chi connectivity index (χ1v) is 7.22. The van der Waals surface area contributed by atoms with E-state index in [1.165, 1.54) is 0 Å². The minimum Gasteiger partial charge on any atom is -0.495 e. The van der Waals surface area contributed by atoms with Gasteiger partial charge in [-0.1, -0.05) is 6.42 Å². The van der Waals surface area contributed by atoms with Crippen LogP contribution in [0.3, 0.4) is 0 Å². The number of anilines is 2. The van der Waals surface area contributed by atoms with Gasteiger partial charge in [0.1, 0.15) is 5.75 Å². The van der Waals surface area contributed by atoms with Crippen molar-refractivity contribution in [2.24, 2.45) is 0 Å². The first kappa shape index (κ1) is 15.6. The van der Waals surface area contributed by atoms with Gasteiger partial charge >= 0.3 is 0 Å². The van der Waals surface area contributed by atoms with Gasteiger partial charge in [0, 0.05) is 11.7 Å². The minimum atomic E-state index is -0.126. The summed E-state index contributed by atoms with van der Waals surface area (Å²) in [5.74, 6) is 0.453. The number of aliphatic hydroxyl groups excluding tert-OH is 1. The molecule has 1 fully saturated rings. The zero-order valence-electron chi connectivity index (χ0n) is 12.3. The minimum absolute atomic E-state index is 0.0761. The lowest BCUT2D eigenvalue weighted by molar-refractivity contribution is -0.118. The summed E-state index contributed by atoms with van der Waals surface area (Å²) < 4.78 is 5.21. The number of methoxy groups -OCH3 is 1. The average Bonchev–Trinajstić information content (AvgIpc) is 2.48. The maximum atomic E-state index is 12.2. The van der Waals surface area contributed by atoms with Gasteiger partial charge in [-0.25, -0.2) is 0 Å². The number of carbonyl (C=O) groups is 1. The van der Waals surface area contributed by atoms with Gasteiger partial charge in [0.15, 0.2) is 0 Å². The maximum Gasteiger partial charge on any atom is 0.238 e. The number of nitrogens with two attached hydrogens (primary N) is 1.